The molecule has 3 N–H and O–H groups in total. The molecule has 0 bridgehead atoms. The zero-order valence-electron chi connectivity index (χ0n) is 16.5. The van der Waals surface area contributed by atoms with Crippen LogP contribution in [0.1, 0.15) is 11.1 Å². The van der Waals surface area contributed by atoms with E-state index in [-0.39, 0.29) is 12.3 Å². The Hall–Kier alpha value is -3.68. The maximum atomic E-state index is 12.1. The number of hydrogen-bond acceptors (Lipinski definition) is 7. The Balaban J connectivity index is 1.40. The number of pyridine rings is 1. The molecular weight excluding hydrogens is 368 g/mol. The minimum Gasteiger partial charge on any atom is -0.496 e. The van der Waals surface area contributed by atoms with Crippen molar-refractivity contribution in [1.29, 1.82) is 0 Å². The number of anilines is 3. The predicted octanol–water partition coefficient (Wildman–Crippen LogP) is 2.70. The van der Waals surface area contributed by atoms with Gasteiger partial charge in [-0.1, -0.05) is 18.2 Å². The van der Waals surface area contributed by atoms with Gasteiger partial charge in [0.25, 0.3) is 0 Å². The molecule has 0 unspecified atom stereocenters. The van der Waals surface area contributed by atoms with Gasteiger partial charge in [-0.3, -0.25) is 4.79 Å². The van der Waals surface area contributed by atoms with E-state index in [1.807, 2.05) is 55.5 Å². The molecule has 3 rings (SSSR count). The van der Waals surface area contributed by atoms with Crippen LogP contribution in [0.2, 0.25) is 0 Å². The number of para-hydroxylation sites is 1. The molecule has 1 aromatic carbocycles. The van der Waals surface area contributed by atoms with Gasteiger partial charge in [0, 0.05) is 24.8 Å². The zero-order valence-corrected chi connectivity index (χ0v) is 16.5. The van der Waals surface area contributed by atoms with E-state index in [0.29, 0.717) is 30.5 Å². The van der Waals surface area contributed by atoms with Gasteiger partial charge < -0.3 is 20.7 Å². The molecule has 0 saturated heterocycles. The van der Waals surface area contributed by atoms with Crippen LogP contribution >= 0.6 is 0 Å². The molecule has 2 heterocycles. The van der Waals surface area contributed by atoms with Crippen molar-refractivity contribution in [2.24, 2.45) is 0 Å². The second-order valence-electron chi connectivity index (χ2n) is 6.41. The van der Waals surface area contributed by atoms with E-state index in [9.17, 15) is 4.79 Å². The number of aryl methyl sites for hydroxylation is 1. The van der Waals surface area contributed by atoms with Crippen molar-refractivity contribution in [3.8, 4) is 5.75 Å². The maximum Gasteiger partial charge on any atom is 0.224 e. The Morgan fingerprint density at radius 3 is 2.55 bits per heavy atom. The summed E-state index contributed by atoms with van der Waals surface area (Å²) in [6.07, 6.45) is 2.01. The summed E-state index contributed by atoms with van der Waals surface area (Å²) >= 11 is 0. The molecule has 3 aromatic rings. The Labute approximate surface area is 169 Å². The summed E-state index contributed by atoms with van der Waals surface area (Å²) in [5.74, 6) is 2.61. The fourth-order valence-electron chi connectivity index (χ4n) is 2.71. The number of hydrogen-bond donors (Lipinski definition) is 3. The first-order chi connectivity index (χ1) is 14.1. The lowest BCUT2D eigenvalue weighted by atomic mass is 10.1. The number of aromatic nitrogens is 3. The van der Waals surface area contributed by atoms with E-state index in [0.717, 1.165) is 16.9 Å². The molecule has 0 aliphatic heterocycles. The lowest BCUT2D eigenvalue weighted by Gasteiger charge is -2.10. The monoisotopic (exact) mass is 392 g/mol. The molecule has 8 heteroatoms. The van der Waals surface area contributed by atoms with Crippen LogP contribution in [-0.2, 0) is 11.2 Å². The van der Waals surface area contributed by atoms with E-state index in [1.165, 1.54) is 0 Å². The first-order valence-corrected chi connectivity index (χ1v) is 9.30. The smallest absolute Gasteiger partial charge is 0.224 e. The van der Waals surface area contributed by atoms with Crippen LogP contribution in [0.3, 0.4) is 0 Å². The average molecular weight is 392 g/mol. The van der Waals surface area contributed by atoms with E-state index < -0.39 is 0 Å². The topological polar surface area (TPSA) is 101 Å². The molecule has 0 atom stereocenters. The molecule has 0 radical (unpaired) electrons. The highest BCUT2D eigenvalue weighted by Crippen LogP contribution is 2.17. The zero-order chi connectivity index (χ0) is 20.5. The highest BCUT2D eigenvalue weighted by molar-refractivity contribution is 5.79. The van der Waals surface area contributed by atoms with Crippen molar-refractivity contribution < 1.29 is 9.53 Å². The Kier molecular flexibility index (Phi) is 6.94. The largest absolute Gasteiger partial charge is 0.496 e. The molecule has 1 amide bonds. The Morgan fingerprint density at radius 2 is 1.79 bits per heavy atom. The third-order valence-corrected chi connectivity index (χ3v) is 4.13. The fraction of sp³-hybridized carbons (Fsp3) is 0.238. The molecule has 0 saturated carbocycles. The van der Waals surface area contributed by atoms with Gasteiger partial charge in [0.2, 0.25) is 5.91 Å². The Morgan fingerprint density at radius 1 is 1.00 bits per heavy atom. The van der Waals surface area contributed by atoms with Gasteiger partial charge in [0.05, 0.1) is 13.5 Å². The summed E-state index contributed by atoms with van der Waals surface area (Å²) < 4.78 is 5.27. The van der Waals surface area contributed by atoms with E-state index in [2.05, 4.69) is 31.1 Å². The van der Waals surface area contributed by atoms with Gasteiger partial charge in [-0.2, -0.15) is 0 Å². The number of carbonyl (C=O) groups is 1. The SMILES string of the molecule is COc1ccccc1CC(=O)NCCNc1ccc(Nc2cc(C)ccn2)nn1. The minimum atomic E-state index is -0.0624. The third-order valence-electron chi connectivity index (χ3n) is 4.13. The third kappa shape index (κ3) is 6.17. The quantitative estimate of drug-likeness (QED) is 0.481. The van der Waals surface area contributed by atoms with Crippen molar-refractivity contribution in [3.05, 3.63) is 65.9 Å². The van der Waals surface area contributed by atoms with Gasteiger partial charge in [0.1, 0.15) is 17.4 Å². The normalized spacial score (nSPS) is 10.3. The number of benzene rings is 1. The van der Waals surface area contributed by atoms with Crippen LogP contribution in [0.15, 0.2) is 54.7 Å². The van der Waals surface area contributed by atoms with Crippen molar-refractivity contribution in [2.75, 3.05) is 30.8 Å². The second kappa shape index (κ2) is 10.0. The molecule has 29 heavy (non-hydrogen) atoms. The lowest BCUT2D eigenvalue weighted by Crippen LogP contribution is -2.30. The summed E-state index contributed by atoms with van der Waals surface area (Å²) in [5, 5.41) is 17.4. The average Bonchev–Trinajstić information content (AvgIpc) is 2.73. The molecule has 0 aliphatic rings. The van der Waals surface area contributed by atoms with Gasteiger partial charge in [-0.15, -0.1) is 10.2 Å². The molecule has 0 spiro atoms. The standard InChI is InChI=1S/C21H24N6O2/c1-15-9-10-22-20(13-15)25-19-8-7-18(26-27-19)23-11-12-24-21(28)14-16-5-3-4-6-17(16)29-2/h3-10,13H,11-12,14H2,1-2H3,(H,23,26)(H,24,28)(H,22,25,27). The number of nitrogens with zero attached hydrogens (tertiary/aromatic N) is 3. The van der Waals surface area contributed by atoms with Crippen molar-refractivity contribution in [1.82, 2.24) is 20.5 Å². The second-order valence-corrected chi connectivity index (χ2v) is 6.41. The van der Waals surface area contributed by atoms with E-state index in [1.54, 1.807) is 13.3 Å². The van der Waals surface area contributed by atoms with E-state index >= 15 is 0 Å². The van der Waals surface area contributed by atoms with Gasteiger partial charge in [-0.05, 0) is 42.8 Å². The van der Waals surface area contributed by atoms with Crippen molar-refractivity contribution in [3.63, 3.8) is 0 Å². The van der Waals surface area contributed by atoms with E-state index in [4.69, 9.17) is 4.74 Å². The first kappa shape index (κ1) is 20.1. The predicted molar refractivity (Wildman–Crippen MR) is 112 cm³/mol. The van der Waals surface area contributed by atoms with Gasteiger partial charge >= 0.3 is 0 Å². The highest BCUT2D eigenvalue weighted by atomic mass is 16.5. The summed E-state index contributed by atoms with van der Waals surface area (Å²) in [4.78, 5) is 16.3. The van der Waals surface area contributed by atoms with Crippen LogP contribution in [0, 0.1) is 6.92 Å². The summed E-state index contributed by atoms with van der Waals surface area (Å²) in [7, 11) is 1.60. The fourth-order valence-corrected chi connectivity index (χ4v) is 2.71. The molecule has 2 aromatic heterocycles. The summed E-state index contributed by atoms with van der Waals surface area (Å²) in [5.41, 5.74) is 1.97. The molecule has 0 fully saturated rings. The van der Waals surface area contributed by atoms with Crippen LogP contribution in [0.25, 0.3) is 0 Å². The molecule has 8 nitrogen and oxygen atoms in total. The summed E-state index contributed by atoms with van der Waals surface area (Å²) in [6, 6.07) is 15.0. The highest BCUT2D eigenvalue weighted by Gasteiger charge is 2.07. The van der Waals surface area contributed by atoms with Crippen molar-refractivity contribution in [2.45, 2.75) is 13.3 Å². The van der Waals surface area contributed by atoms with Gasteiger partial charge in [0.15, 0.2) is 5.82 Å². The molecule has 150 valence electrons. The number of carbonyl (C=O) groups excluding carboxylic acids is 1. The number of nitrogens with one attached hydrogen (secondary N) is 3. The summed E-state index contributed by atoms with van der Waals surface area (Å²) in [6.45, 7) is 3.02. The van der Waals surface area contributed by atoms with Crippen molar-refractivity contribution >= 4 is 23.4 Å². The van der Waals surface area contributed by atoms with Crippen LogP contribution < -0.4 is 20.7 Å². The lowest BCUT2D eigenvalue weighted by molar-refractivity contribution is -0.120. The van der Waals surface area contributed by atoms with Crippen LogP contribution in [0.4, 0.5) is 17.5 Å². The number of methoxy groups -OCH3 is 1. The molecular formula is C21H24N6O2. The molecule has 0 aliphatic carbocycles. The first-order valence-electron chi connectivity index (χ1n) is 9.30. The van der Waals surface area contributed by atoms with Crippen LogP contribution in [0.5, 0.6) is 5.75 Å². The Bertz CT molecular complexity index is 946. The number of rotatable bonds is 9. The van der Waals surface area contributed by atoms with Crippen LogP contribution in [-0.4, -0.2) is 41.3 Å². The minimum absolute atomic E-state index is 0.0624. The van der Waals surface area contributed by atoms with Gasteiger partial charge in [-0.25, -0.2) is 4.98 Å². The number of amides is 1. The number of ether oxygens (including phenoxy) is 1. The maximum absolute atomic E-state index is 12.1.